The minimum absolute atomic E-state index is 0.000250. The molecular formula is C21H21ClFN7O2. The van der Waals surface area contributed by atoms with Gasteiger partial charge in [0, 0.05) is 24.5 Å². The molecule has 0 unspecified atom stereocenters. The fraction of sp³-hybridized carbons (Fsp3) is 0.238. The van der Waals surface area contributed by atoms with E-state index in [4.69, 9.17) is 16.3 Å². The first-order valence-corrected chi connectivity index (χ1v) is 10.2. The maximum absolute atomic E-state index is 14.7. The number of anilines is 2. The van der Waals surface area contributed by atoms with Crippen LogP contribution in [0.15, 0.2) is 36.5 Å². The second-order valence-corrected chi connectivity index (χ2v) is 7.80. The zero-order valence-corrected chi connectivity index (χ0v) is 18.4. The van der Waals surface area contributed by atoms with E-state index in [1.807, 2.05) is 19.9 Å². The monoisotopic (exact) mass is 457 g/mol. The molecule has 4 aromatic rings. The molecule has 0 saturated carbocycles. The molecule has 0 aliphatic heterocycles. The third-order valence-electron chi connectivity index (χ3n) is 4.57. The molecule has 0 radical (unpaired) electrons. The second kappa shape index (κ2) is 8.83. The highest BCUT2D eigenvalue weighted by Crippen LogP contribution is 2.32. The summed E-state index contributed by atoms with van der Waals surface area (Å²) in [7, 11) is 1.69. The van der Waals surface area contributed by atoms with Gasteiger partial charge in [-0.25, -0.2) is 9.07 Å². The predicted octanol–water partition coefficient (Wildman–Crippen LogP) is 3.80. The van der Waals surface area contributed by atoms with Gasteiger partial charge >= 0.3 is 0 Å². The first kappa shape index (κ1) is 21.6. The SMILES string of the molecule is CC(C)NC(=O)COc1ccc(-c2nc(Nc3ccc4[nH]ncc4c3Cl)n(C)n2)c(F)c1. The maximum Gasteiger partial charge on any atom is 0.258 e. The van der Waals surface area contributed by atoms with Crippen molar-refractivity contribution in [3.05, 3.63) is 47.4 Å². The molecule has 0 fully saturated rings. The lowest BCUT2D eigenvalue weighted by molar-refractivity contribution is -0.123. The van der Waals surface area contributed by atoms with Crippen LogP contribution in [0.3, 0.4) is 0 Å². The zero-order valence-electron chi connectivity index (χ0n) is 17.6. The molecule has 0 aliphatic rings. The van der Waals surface area contributed by atoms with Crippen LogP contribution in [0.25, 0.3) is 22.3 Å². The summed E-state index contributed by atoms with van der Waals surface area (Å²) in [5.41, 5.74) is 1.63. The summed E-state index contributed by atoms with van der Waals surface area (Å²) < 4.78 is 21.6. The first-order chi connectivity index (χ1) is 15.3. The Kier molecular flexibility index (Phi) is 5.95. The average Bonchev–Trinajstić information content (AvgIpc) is 3.35. The van der Waals surface area contributed by atoms with Gasteiger partial charge in [0.1, 0.15) is 11.6 Å². The third kappa shape index (κ3) is 4.50. The fourth-order valence-electron chi connectivity index (χ4n) is 3.09. The number of aromatic nitrogens is 5. The van der Waals surface area contributed by atoms with Gasteiger partial charge in [-0.1, -0.05) is 11.6 Å². The molecule has 9 nitrogen and oxygen atoms in total. The van der Waals surface area contributed by atoms with E-state index < -0.39 is 5.82 Å². The molecule has 3 N–H and O–H groups in total. The van der Waals surface area contributed by atoms with E-state index in [2.05, 4.69) is 30.9 Å². The van der Waals surface area contributed by atoms with Gasteiger partial charge in [-0.15, -0.1) is 5.10 Å². The first-order valence-electron chi connectivity index (χ1n) is 9.83. The average molecular weight is 458 g/mol. The highest BCUT2D eigenvalue weighted by atomic mass is 35.5. The Balaban J connectivity index is 1.51. The van der Waals surface area contributed by atoms with Crippen molar-refractivity contribution in [1.29, 1.82) is 0 Å². The fourth-order valence-corrected chi connectivity index (χ4v) is 3.35. The smallest absolute Gasteiger partial charge is 0.258 e. The molecule has 0 bridgehead atoms. The lowest BCUT2D eigenvalue weighted by Gasteiger charge is -2.10. The van der Waals surface area contributed by atoms with E-state index in [1.165, 1.54) is 16.8 Å². The van der Waals surface area contributed by atoms with Gasteiger partial charge < -0.3 is 15.4 Å². The number of amides is 1. The summed E-state index contributed by atoms with van der Waals surface area (Å²) in [6.45, 7) is 3.49. The third-order valence-corrected chi connectivity index (χ3v) is 4.98. The largest absolute Gasteiger partial charge is 0.484 e. The second-order valence-electron chi connectivity index (χ2n) is 7.42. The van der Waals surface area contributed by atoms with Gasteiger partial charge in [0.15, 0.2) is 12.4 Å². The number of carbonyl (C=O) groups excluding carboxylic acids is 1. The van der Waals surface area contributed by atoms with Gasteiger partial charge in [-0.2, -0.15) is 10.1 Å². The van der Waals surface area contributed by atoms with Crippen LogP contribution in [-0.4, -0.2) is 43.5 Å². The van der Waals surface area contributed by atoms with Crippen molar-refractivity contribution in [1.82, 2.24) is 30.3 Å². The number of hydrogen-bond acceptors (Lipinski definition) is 6. The van der Waals surface area contributed by atoms with Gasteiger partial charge in [0.2, 0.25) is 5.95 Å². The van der Waals surface area contributed by atoms with Crippen molar-refractivity contribution in [2.75, 3.05) is 11.9 Å². The summed E-state index contributed by atoms with van der Waals surface area (Å²) >= 11 is 6.45. The van der Waals surface area contributed by atoms with Crippen molar-refractivity contribution in [3.8, 4) is 17.1 Å². The van der Waals surface area contributed by atoms with Crippen LogP contribution < -0.4 is 15.4 Å². The number of nitrogens with zero attached hydrogens (tertiary/aromatic N) is 4. The van der Waals surface area contributed by atoms with Crippen LogP contribution in [0.2, 0.25) is 5.02 Å². The molecule has 32 heavy (non-hydrogen) atoms. The number of aryl methyl sites for hydroxylation is 1. The Bertz CT molecular complexity index is 1280. The standard InChI is InChI=1S/C21H21ClFN7O2/c1-11(2)25-18(31)10-32-12-4-5-13(15(23)8-12)20-27-21(30(3)29-20)26-17-7-6-16-14(19(17)22)9-24-28-16/h4-9,11H,10H2,1-3H3,(H,24,28)(H,25,31)(H,26,27,29). The number of ether oxygens (including phenoxy) is 1. The Morgan fingerprint density at radius 2 is 2.12 bits per heavy atom. The van der Waals surface area contributed by atoms with Crippen LogP contribution >= 0.6 is 11.6 Å². The maximum atomic E-state index is 14.7. The van der Waals surface area contributed by atoms with Crippen LogP contribution in [0.4, 0.5) is 16.0 Å². The number of benzene rings is 2. The normalized spacial score (nSPS) is 11.2. The molecule has 2 aromatic heterocycles. The van der Waals surface area contributed by atoms with E-state index in [0.29, 0.717) is 16.7 Å². The van der Waals surface area contributed by atoms with Gasteiger partial charge in [0.25, 0.3) is 5.91 Å². The van der Waals surface area contributed by atoms with Crippen LogP contribution in [0.1, 0.15) is 13.8 Å². The quantitative estimate of drug-likeness (QED) is 0.389. The molecule has 0 aliphatic carbocycles. The zero-order chi connectivity index (χ0) is 22.8. The van der Waals surface area contributed by atoms with Crippen molar-refractivity contribution >= 4 is 40.0 Å². The summed E-state index contributed by atoms with van der Waals surface area (Å²) in [5.74, 6) is -0.0350. The van der Waals surface area contributed by atoms with Gasteiger partial charge in [-0.05, 0) is 38.1 Å². The number of rotatable bonds is 7. The molecule has 1 amide bonds. The number of H-pyrrole nitrogens is 1. The summed E-state index contributed by atoms with van der Waals surface area (Å²) in [5, 5.41) is 18.2. The number of fused-ring (bicyclic) bond motifs is 1. The molecule has 0 spiro atoms. The number of halogens is 2. The van der Waals surface area contributed by atoms with E-state index in [0.717, 1.165) is 10.9 Å². The van der Waals surface area contributed by atoms with E-state index in [9.17, 15) is 9.18 Å². The molecular weight excluding hydrogens is 437 g/mol. The highest BCUT2D eigenvalue weighted by Gasteiger charge is 2.16. The highest BCUT2D eigenvalue weighted by molar-refractivity contribution is 6.38. The van der Waals surface area contributed by atoms with E-state index >= 15 is 0 Å². The van der Waals surface area contributed by atoms with Crippen LogP contribution in [0, 0.1) is 5.82 Å². The minimum Gasteiger partial charge on any atom is -0.484 e. The lowest BCUT2D eigenvalue weighted by atomic mass is 10.2. The Hall–Kier alpha value is -3.66. The van der Waals surface area contributed by atoms with E-state index in [-0.39, 0.29) is 35.7 Å². The molecule has 166 valence electrons. The number of carbonyl (C=O) groups is 1. The van der Waals surface area contributed by atoms with Crippen molar-refractivity contribution in [2.24, 2.45) is 7.05 Å². The summed E-state index contributed by atoms with van der Waals surface area (Å²) in [6.07, 6.45) is 1.64. The van der Waals surface area contributed by atoms with Crippen LogP contribution in [0.5, 0.6) is 5.75 Å². The van der Waals surface area contributed by atoms with Crippen molar-refractivity contribution in [2.45, 2.75) is 19.9 Å². The number of aromatic amines is 1. The van der Waals surface area contributed by atoms with Crippen LogP contribution in [-0.2, 0) is 11.8 Å². The van der Waals surface area contributed by atoms with E-state index in [1.54, 1.807) is 25.4 Å². The van der Waals surface area contributed by atoms with Gasteiger partial charge in [-0.3, -0.25) is 9.89 Å². The molecule has 4 rings (SSSR count). The number of nitrogens with one attached hydrogen (secondary N) is 3. The molecule has 0 atom stereocenters. The summed E-state index contributed by atoms with van der Waals surface area (Å²) in [6, 6.07) is 7.90. The predicted molar refractivity (Wildman–Crippen MR) is 120 cm³/mol. The molecule has 2 heterocycles. The molecule has 11 heteroatoms. The van der Waals surface area contributed by atoms with Crippen molar-refractivity contribution in [3.63, 3.8) is 0 Å². The Morgan fingerprint density at radius 3 is 2.88 bits per heavy atom. The molecule has 0 saturated heterocycles. The minimum atomic E-state index is -0.568. The summed E-state index contributed by atoms with van der Waals surface area (Å²) in [4.78, 5) is 16.1. The molecule has 2 aromatic carbocycles. The lowest BCUT2D eigenvalue weighted by Crippen LogP contribution is -2.34. The van der Waals surface area contributed by atoms with Crippen molar-refractivity contribution < 1.29 is 13.9 Å². The van der Waals surface area contributed by atoms with Gasteiger partial charge in [0.05, 0.1) is 28.0 Å². The number of hydrogen-bond donors (Lipinski definition) is 3. The Morgan fingerprint density at radius 1 is 1.31 bits per heavy atom. The Labute approximate surface area is 187 Å². The topological polar surface area (TPSA) is 110 Å².